The summed E-state index contributed by atoms with van der Waals surface area (Å²) in [4.78, 5) is 26.8. The van der Waals surface area contributed by atoms with Gasteiger partial charge in [-0.1, -0.05) is 37.6 Å². The van der Waals surface area contributed by atoms with E-state index in [-0.39, 0.29) is 23.8 Å². The predicted molar refractivity (Wildman–Crippen MR) is 98.3 cm³/mol. The van der Waals surface area contributed by atoms with Gasteiger partial charge in [0.25, 0.3) is 0 Å². The Morgan fingerprint density at radius 2 is 1.96 bits per heavy atom. The van der Waals surface area contributed by atoms with Crippen molar-refractivity contribution in [3.8, 4) is 0 Å². The molecule has 0 aromatic heterocycles. The molecule has 5 nitrogen and oxygen atoms in total. The first kappa shape index (κ1) is 19.7. The second-order valence-electron chi connectivity index (χ2n) is 6.80. The van der Waals surface area contributed by atoms with Gasteiger partial charge in [-0.05, 0) is 37.5 Å². The molecule has 0 spiro atoms. The van der Waals surface area contributed by atoms with Crippen molar-refractivity contribution < 1.29 is 14.3 Å². The molecule has 2 amide bonds. The number of hydrogen-bond donors (Lipinski definition) is 1. The van der Waals surface area contributed by atoms with Gasteiger partial charge in [0.1, 0.15) is 6.04 Å². The van der Waals surface area contributed by atoms with Crippen LogP contribution in [0.15, 0.2) is 24.3 Å². The summed E-state index contributed by atoms with van der Waals surface area (Å²) in [5.41, 5.74) is 0.942. The molecule has 2 rings (SSSR count). The van der Waals surface area contributed by atoms with E-state index in [1.54, 1.807) is 24.0 Å². The third-order valence-electron chi connectivity index (χ3n) is 4.42. The number of benzene rings is 1. The maximum atomic E-state index is 12.6. The first-order valence-electron chi connectivity index (χ1n) is 8.82. The van der Waals surface area contributed by atoms with E-state index in [2.05, 4.69) is 5.32 Å². The molecule has 1 aromatic carbocycles. The van der Waals surface area contributed by atoms with Crippen LogP contribution in [0.5, 0.6) is 0 Å². The van der Waals surface area contributed by atoms with E-state index in [0.717, 1.165) is 25.0 Å². The third kappa shape index (κ3) is 5.72. The fourth-order valence-corrected chi connectivity index (χ4v) is 2.96. The Labute approximate surface area is 154 Å². The van der Waals surface area contributed by atoms with Gasteiger partial charge < -0.3 is 15.0 Å². The monoisotopic (exact) mass is 366 g/mol. The lowest BCUT2D eigenvalue weighted by Gasteiger charge is -2.30. The van der Waals surface area contributed by atoms with Gasteiger partial charge in [-0.2, -0.15) is 0 Å². The maximum Gasteiger partial charge on any atom is 0.242 e. The molecule has 25 heavy (non-hydrogen) atoms. The number of nitrogens with zero attached hydrogens (tertiary/aromatic N) is 1. The van der Waals surface area contributed by atoms with Crippen LogP contribution in [0, 0.1) is 5.92 Å². The lowest BCUT2D eigenvalue weighted by molar-refractivity contribution is -0.143. The molecular weight excluding hydrogens is 340 g/mol. The summed E-state index contributed by atoms with van der Waals surface area (Å²) in [6, 6.07) is 6.78. The van der Waals surface area contributed by atoms with Crippen molar-refractivity contribution in [2.75, 3.05) is 13.2 Å². The molecule has 0 aliphatic carbocycles. The van der Waals surface area contributed by atoms with Gasteiger partial charge in [-0.3, -0.25) is 9.59 Å². The van der Waals surface area contributed by atoms with Gasteiger partial charge in [0.05, 0.1) is 6.10 Å². The first-order valence-corrected chi connectivity index (χ1v) is 9.20. The number of halogens is 1. The molecular formula is C19H27ClN2O3. The zero-order valence-electron chi connectivity index (χ0n) is 15.1. The van der Waals surface area contributed by atoms with Crippen LogP contribution >= 0.6 is 11.6 Å². The fourth-order valence-electron chi connectivity index (χ4n) is 2.83. The summed E-state index contributed by atoms with van der Waals surface area (Å²) in [5, 5.41) is 3.56. The van der Waals surface area contributed by atoms with Crippen LogP contribution in [0.3, 0.4) is 0 Å². The van der Waals surface area contributed by atoms with Gasteiger partial charge in [0, 0.05) is 30.6 Å². The van der Waals surface area contributed by atoms with Gasteiger partial charge >= 0.3 is 0 Å². The summed E-state index contributed by atoms with van der Waals surface area (Å²) < 4.78 is 5.53. The Morgan fingerprint density at radius 3 is 2.52 bits per heavy atom. The highest BCUT2D eigenvalue weighted by Crippen LogP contribution is 2.16. The van der Waals surface area contributed by atoms with Crippen LogP contribution in [0.2, 0.25) is 5.02 Å². The molecule has 0 bridgehead atoms. The zero-order chi connectivity index (χ0) is 18.4. The molecule has 1 aliphatic rings. The number of amides is 2. The summed E-state index contributed by atoms with van der Waals surface area (Å²) in [6.07, 6.45) is 2.08. The molecule has 1 N–H and O–H groups in total. The molecule has 138 valence electrons. The third-order valence-corrected chi connectivity index (χ3v) is 4.67. The van der Waals surface area contributed by atoms with E-state index in [0.29, 0.717) is 18.1 Å². The van der Waals surface area contributed by atoms with Crippen LogP contribution in [0.1, 0.15) is 39.2 Å². The van der Waals surface area contributed by atoms with Gasteiger partial charge in [-0.15, -0.1) is 0 Å². The minimum Gasteiger partial charge on any atom is -0.376 e. The van der Waals surface area contributed by atoms with E-state index >= 15 is 0 Å². The van der Waals surface area contributed by atoms with Crippen molar-refractivity contribution in [3.05, 3.63) is 34.9 Å². The highest BCUT2D eigenvalue weighted by Gasteiger charge is 2.28. The molecule has 1 saturated heterocycles. The van der Waals surface area contributed by atoms with Crippen molar-refractivity contribution in [2.45, 2.75) is 52.3 Å². The predicted octanol–water partition coefficient (Wildman–Crippen LogP) is 3.01. The Morgan fingerprint density at radius 1 is 1.28 bits per heavy atom. The molecule has 0 radical (unpaired) electrons. The molecule has 1 aliphatic heterocycles. The molecule has 6 heteroatoms. The molecule has 0 saturated carbocycles. The number of rotatable bonds is 7. The standard InChI is InChI=1S/C19H27ClN2O3/c1-13(2)19(24)22(12-15-6-8-16(20)9-7-15)14(3)18(23)21-11-17-5-4-10-25-17/h6-9,13-14,17H,4-5,10-12H2,1-3H3,(H,21,23)/t14-,17+/m0/s1. The van der Waals surface area contributed by atoms with Crippen molar-refractivity contribution in [3.63, 3.8) is 0 Å². The average molecular weight is 367 g/mol. The minimum atomic E-state index is -0.549. The lowest BCUT2D eigenvalue weighted by atomic mass is 10.1. The fraction of sp³-hybridized carbons (Fsp3) is 0.579. The average Bonchev–Trinajstić information content (AvgIpc) is 3.11. The Hall–Kier alpha value is -1.59. The summed E-state index contributed by atoms with van der Waals surface area (Å²) in [6.45, 7) is 7.07. The second kappa shape index (κ2) is 9.20. The van der Waals surface area contributed by atoms with Crippen molar-refractivity contribution >= 4 is 23.4 Å². The summed E-state index contributed by atoms with van der Waals surface area (Å²) in [7, 11) is 0. The smallest absolute Gasteiger partial charge is 0.242 e. The SMILES string of the molecule is CC(C)C(=O)N(Cc1ccc(Cl)cc1)[C@@H](C)C(=O)NC[C@H]1CCCO1. The van der Waals surface area contributed by atoms with Crippen LogP contribution in [0.25, 0.3) is 0 Å². The number of nitrogens with one attached hydrogen (secondary N) is 1. The molecule has 0 unspecified atom stereocenters. The highest BCUT2D eigenvalue weighted by molar-refractivity contribution is 6.30. The van der Waals surface area contributed by atoms with E-state index in [1.165, 1.54) is 0 Å². The van der Waals surface area contributed by atoms with Crippen LogP contribution in [-0.4, -0.2) is 42.0 Å². The molecule has 1 fully saturated rings. The lowest BCUT2D eigenvalue weighted by Crippen LogP contribution is -2.50. The Balaban J connectivity index is 2.03. The van der Waals surface area contributed by atoms with E-state index < -0.39 is 6.04 Å². The number of carbonyl (C=O) groups is 2. The van der Waals surface area contributed by atoms with Crippen molar-refractivity contribution in [1.29, 1.82) is 0 Å². The first-order chi connectivity index (χ1) is 11.9. The Bertz CT molecular complexity index is 583. The Kier molecular flexibility index (Phi) is 7.26. The highest BCUT2D eigenvalue weighted by atomic mass is 35.5. The minimum absolute atomic E-state index is 0.0466. The van der Waals surface area contributed by atoms with E-state index in [4.69, 9.17) is 16.3 Å². The number of hydrogen-bond acceptors (Lipinski definition) is 3. The largest absolute Gasteiger partial charge is 0.376 e. The molecule has 2 atom stereocenters. The maximum absolute atomic E-state index is 12.6. The summed E-state index contributed by atoms with van der Waals surface area (Å²) in [5.74, 6) is -0.381. The van der Waals surface area contributed by atoms with Gasteiger partial charge in [0.2, 0.25) is 11.8 Å². The number of ether oxygens (including phenoxy) is 1. The van der Waals surface area contributed by atoms with Gasteiger partial charge in [-0.25, -0.2) is 0 Å². The normalized spacial score (nSPS) is 18.2. The van der Waals surface area contributed by atoms with Crippen LogP contribution in [-0.2, 0) is 20.9 Å². The number of carbonyl (C=O) groups excluding carboxylic acids is 2. The summed E-state index contributed by atoms with van der Waals surface area (Å²) >= 11 is 5.92. The van der Waals surface area contributed by atoms with Crippen LogP contribution < -0.4 is 5.32 Å². The van der Waals surface area contributed by atoms with E-state index in [9.17, 15) is 9.59 Å². The second-order valence-corrected chi connectivity index (χ2v) is 7.24. The van der Waals surface area contributed by atoms with Crippen molar-refractivity contribution in [1.82, 2.24) is 10.2 Å². The van der Waals surface area contributed by atoms with E-state index in [1.807, 2.05) is 26.0 Å². The molecule has 1 aromatic rings. The van der Waals surface area contributed by atoms with Gasteiger partial charge in [0.15, 0.2) is 0 Å². The quantitative estimate of drug-likeness (QED) is 0.807. The van der Waals surface area contributed by atoms with Crippen LogP contribution in [0.4, 0.5) is 0 Å². The molecule has 1 heterocycles. The van der Waals surface area contributed by atoms with Crippen molar-refractivity contribution in [2.24, 2.45) is 5.92 Å². The zero-order valence-corrected chi connectivity index (χ0v) is 15.9. The topological polar surface area (TPSA) is 58.6 Å².